The molecule has 0 aromatic heterocycles. The van der Waals surface area contributed by atoms with Crippen LogP contribution in [0.5, 0.6) is 0 Å². The summed E-state index contributed by atoms with van der Waals surface area (Å²) >= 11 is 0. The zero-order valence-corrected chi connectivity index (χ0v) is 10.9. The van der Waals surface area contributed by atoms with Crippen LogP contribution in [0.3, 0.4) is 0 Å². The first-order valence-corrected chi connectivity index (χ1v) is 6.32. The lowest BCUT2D eigenvalue weighted by atomic mass is 9.47. The summed E-state index contributed by atoms with van der Waals surface area (Å²) < 4.78 is 0. The molecule has 3 unspecified atom stereocenters. The predicted molar refractivity (Wildman–Crippen MR) is 67.8 cm³/mol. The lowest BCUT2D eigenvalue weighted by molar-refractivity contribution is -0.141. The van der Waals surface area contributed by atoms with E-state index in [2.05, 4.69) is 21.7 Å². The summed E-state index contributed by atoms with van der Waals surface area (Å²) in [6.45, 7) is 4.53. The van der Waals surface area contributed by atoms with E-state index in [1.165, 1.54) is 0 Å². The van der Waals surface area contributed by atoms with Gasteiger partial charge in [0.05, 0.1) is 0 Å². The number of nitrogens with zero attached hydrogens (tertiary/aromatic N) is 1. The Bertz CT molecular complexity index is 314. The van der Waals surface area contributed by atoms with Gasteiger partial charge in [-0.1, -0.05) is 13.8 Å². The van der Waals surface area contributed by atoms with Gasteiger partial charge in [0.2, 0.25) is 5.91 Å². The molecule has 1 saturated heterocycles. The molecule has 1 aliphatic heterocycles. The summed E-state index contributed by atoms with van der Waals surface area (Å²) in [6, 6.07) is 0.365. The maximum absolute atomic E-state index is 11.7. The maximum atomic E-state index is 11.7. The van der Waals surface area contributed by atoms with E-state index in [9.17, 15) is 4.79 Å². The van der Waals surface area contributed by atoms with E-state index in [1.54, 1.807) is 0 Å². The van der Waals surface area contributed by atoms with E-state index in [4.69, 9.17) is 5.73 Å². The van der Waals surface area contributed by atoms with Crippen LogP contribution in [0, 0.1) is 11.3 Å². The molecule has 2 rings (SSSR count). The summed E-state index contributed by atoms with van der Waals surface area (Å²) in [5.74, 6) is 0.746. The molecule has 90 valence electrons. The van der Waals surface area contributed by atoms with Gasteiger partial charge in [0.1, 0.15) is 7.85 Å². The van der Waals surface area contributed by atoms with E-state index in [0.29, 0.717) is 18.4 Å². The SMILES string of the molecule is BC1(N)C2CCC(=O)N(C)C2CCC1(C)C. The van der Waals surface area contributed by atoms with Crippen molar-refractivity contribution in [2.75, 3.05) is 7.05 Å². The minimum atomic E-state index is -0.162. The first-order valence-electron chi connectivity index (χ1n) is 6.32. The quantitative estimate of drug-likeness (QED) is 0.600. The number of carbonyl (C=O) groups excluding carboxylic acids is 1. The zero-order chi connectivity index (χ0) is 12.1. The van der Waals surface area contributed by atoms with Crippen LogP contribution in [-0.2, 0) is 4.79 Å². The van der Waals surface area contributed by atoms with E-state index in [-0.39, 0.29) is 16.8 Å². The monoisotopic (exact) mass is 222 g/mol. The molecule has 3 nitrogen and oxygen atoms in total. The number of carbonyl (C=O) groups is 1. The highest BCUT2D eigenvalue weighted by Gasteiger charge is 2.52. The van der Waals surface area contributed by atoms with E-state index in [1.807, 2.05) is 11.9 Å². The second-order valence-corrected chi connectivity index (χ2v) is 6.42. The van der Waals surface area contributed by atoms with Crippen LogP contribution < -0.4 is 5.73 Å². The fourth-order valence-electron chi connectivity index (χ4n) is 3.48. The zero-order valence-electron chi connectivity index (χ0n) is 10.9. The fourth-order valence-corrected chi connectivity index (χ4v) is 3.48. The lowest BCUT2D eigenvalue weighted by Gasteiger charge is -2.57. The van der Waals surface area contributed by atoms with Crippen LogP contribution in [-0.4, -0.2) is 37.2 Å². The highest BCUT2D eigenvalue weighted by Crippen LogP contribution is 2.48. The van der Waals surface area contributed by atoms with Gasteiger partial charge in [-0.2, -0.15) is 0 Å². The Hall–Kier alpha value is -0.505. The molecule has 2 aliphatic rings. The van der Waals surface area contributed by atoms with Crippen LogP contribution in [0.2, 0.25) is 0 Å². The maximum Gasteiger partial charge on any atom is 0.222 e. The van der Waals surface area contributed by atoms with Crippen LogP contribution in [0.25, 0.3) is 0 Å². The Morgan fingerprint density at radius 3 is 2.69 bits per heavy atom. The van der Waals surface area contributed by atoms with Crippen molar-refractivity contribution in [2.45, 2.75) is 51.0 Å². The number of nitrogens with two attached hydrogens (primary N) is 1. The number of rotatable bonds is 0. The van der Waals surface area contributed by atoms with Gasteiger partial charge in [-0.15, -0.1) is 0 Å². The van der Waals surface area contributed by atoms with Crippen molar-refractivity contribution >= 4 is 13.8 Å². The number of likely N-dealkylation sites (tertiary alicyclic amines) is 1. The largest absolute Gasteiger partial charge is 0.342 e. The summed E-state index contributed by atoms with van der Waals surface area (Å²) in [6.07, 6.45) is 3.84. The van der Waals surface area contributed by atoms with Crippen molar-refractivity contribution in [3.63, 3.8) is 0 Å². The van der Waals surface area contributed by atoms with Crippen LogP contribution >= 0.6 is 0 Å². The first kappa shape index (κ1) is 12.0. The molecular formula is C12H23BN2O. The standard InChI is InChI=1S/C12H23BN2O/c1-11(2)7-6-9-8(12(11,13)14)4-5-10(16)15(9)3/h8-9H,4-7,13-14H2,1-3H3. The van der Waals surface area contributed by atoms with Gasteiger partial charge in [0, 0.05) is 19.5 Å². The average molecular weight is 222 g/mol. The third kappa shape index (κ3) is 1.50. The molecular weight excluding hydrogens is 199 g/mol. The summed E-state index contributed by atoms with van der Waals surface area (Å²) in [5, 5.41) is 0. The van der Waals surface area contributed by atoms with E-state index in [0.717, 1.165) is 19.3 Å². The highest BCUT2D eigenvalue weighted by molar-refractivity contribution is 6.16. The molecule has 3 atom stereocenters. The minimum Gasteiger partial charge on any atom is -0.342 e. The molecule has 1 aliphatic carbocycles. The molecule has 16 heavy (non-hydrogen) atoms. The molecule has 0 spiro atoms. The molecule has 4 heteroatoms. The number of hydrogen-bond acceptors (Lipinski definition) is 2. The Labute approximate surface area is 99.2 Å². The molecule has 1 saturated carbocycles. The Kier molecular flexibility index (Phi) is 2.61. The van der Waals surface area contributed by atoms with Gasteiger partial charge in [-0.25, -0.2) is 0 Å². The van der Waals surface area contributed by atoms with Gasteiger partial charge in [0.15, 0.2) is 0 Å². The number of fused-ring (bicyclic) bond motifs is 1. The third-order valence-electron chi connectivity index (χ3n) is 5.32. The molecule has 0 aromatic rings. The second kappa shape index (κ2) is 3.49. The average Bonchev–Trinajstić information content (AvgIpc) is 2.18. The van der Waals surface area contributed by atoms with Gasteiger partial charge in [0.25, 0.3) is 0 Å². The van der Waals surface area contributed by atoms with E-state index >= 15 is 0 Å². The predicted octanol–water partition coefficient (Wildman–Crippen LogP) is 0.331. The van der Waals surface area contributed by atoms with Crippen LogP contribution in [0.4, 0.5) is 0 Å². The summed E-state index contributed by atoms with van der Waals surface area (Å²) in [5.41, 5.74) is 6.59. The molecule has 2 fully saturated rings. The molecule has 2 N–H and O–H groups in total. The van der Waals surface area contributed by atoms with Crippen molar-refractivity contribution in [1.29, 1.82) is 0 Å². The Balaban J connectivity index is 2.29. The molecule has 0 radical (unpaired) electrons. The lowest BCUT2D eigenvalue weighted by Crippen LogP contribution is -2.68. The number of piperidine rings is 1. The summed E-state index contributed by atoms with van der Waals surface area (Å²) in [7, 11) is 4.11. The van der Waals surface area contributed by atoms with Crippen molar-refractivity contribution in [1.82, 2.24) is 4.90 Å². The van der Waals surface area contributed by atoms with Crippen molar-refractivity contribution in [3.05, 3.63) is 0 Å². The number of hydrogen-bond donors (Lipinski definition) is 1. The molecule has 1 heterocycles. The van der Waals surface area contributed by atoms with Crippen LogP contribution in [0.1, 0.15) is 39.5 Å². The Morgan fingerprint density at radius 2 is 2.06 bits per heavy atom. The van der Waals surface area contributed by atoms with Crippen molar-refractivity contribution in [3.8, 4) is 0 Å². The van der Waals surface area contributed by atoms with Gasteiger partial charge in [-0.05, 0) is 36.0 Å². The van der Waals surface area contributed by atoms with E-state index < -0.39 is 0 Å². The van der Waals surface area contributed by atoms with Gasteiger partial charge >= 0.3 is 0 Å². The normalized spacial score (nSPS) is 43.0. The van der Waals surface area contributed by atoms with Gasteiger partial charge < -0.3 is 10.6 Å². The van der Waals surface area contributed by atoms with Gasteiger partial charge in [-0.3, -0.25) is 4.79 Å². The molecule has 1 amide bonds. The molecule has 0 aromatic carbocycles. The minimum absolute atomic E-state index is 0.162. The topological polar surface area (TPSA) is 46.3 Å². The van der Waals surface area contributed by atoms with Crippen molar-refractivity contribution < 1.29 is 4.79 Å². The fraction of sp³-hybridized carbons (Fsp3) is 0.917. The second-order valence-electron chi connectivity index (χ2n) is 6.42. The number of amides is 1. The Morgan fingerprint density at radius 1 is 1.44 bits per heavy atom. The first-order chi connectivity index (χ1) is 7.27. The smallest absolute Gasteiger partial charge is 0.222 e. The van der Waals surface area contributed by atoms with Crippen LogP contribution in [0.15, 0.2) is 0 Å². The van der Waals surface area contributed by atoms with Crippen molar-refractivity contribution in [2.24, 2.45) is 17.1 Å². The summed E-state index contributed by atoms with van der Waals surface area (Å²) in [4.78, 5) is 13.6. The third-order valence-corrected chi connectivity index (χ3v) is 5.32. The molecule has 0 bridgehead atoms. The highest BCUT2D eigenvalue weighted by atomic mass is 16.2.